The van der Waals surface area contributed by atoms with Gasteiger partial charge in [-0.3, -0.25) is 4.79 Å². The number of amides is 1. The van der Waals surface area contributed by atoms with Gasteiger partial charge >= 0.3 is 5.97 Å². The maximum Gasteiger partial charge on any atom is 0.341 e. The van der Waals surface area contributed by atoms with Crippen LogP contribution in [-0.2, 0) is 9.53 Å². The minimum absolute atomic E-state index is 0.281. The zero-order chi connectivity index (χ0) is 18.5. The second-order valence-corrected chi connectivity index (χ2v) is 6.81. The molecule has 132 valence electrons. The Morgan fingerprint density at radius 1 is 1.12 bits per heavy atom. The molecule has 2 aromatic carbocycles. The third-order valence-electron chi connectivity index (χ3n) is 3.82. The van der Waals surface area contributed by atoms with Crippen molar-refractivity contribution in [1.29, 1.82) is 0 Å². The number of carbonyl (C=O) groups excluding carboxylic acids is 2. The van der Waals surface area contributed by atoms with E-state index < -0.39 is 5.97 Å². The van der Waals surface area contributed by atoms with Crippen LogP contribution in [0.4, 0.5) is 5.00 Å². The zero-order valence-corrected chi connectivity index (χ0v) is 15.4. The lowest BCUT2D eigenvalue weighted by atomic mass is 10.1. The molecule has 0 saturated carbocycles. The van der Waals surface area contributed by atoms with E-state index in [0.717, 1.165) is 21.2 Å². The van der Waals surface area contributed by atoms with E-state index in [9.17, 15) is 9.59 Å². The number of hydrogen-bond donors (Lipinski definition) is 1. The van der Waals surface area contributed by atoms with Crippen molar-refractivity contribution in [3.63, 3.8) is 0 Å². The van der Waals surface area contributed by atoms with E-state index in [0.29, 0.717) is 10.6 Å². The molecule has 0 unspecified atom stereocenters. The summed E-state index contributed by atoms with van der Waals surface area (Å²) in [6, 6.07) is 15.4. The first-order valence-corrected chi connectivity index (χ1v) is 9.14. The summed E-state index contributed by atoms with van der Waals surface area (Å²) in [6.07, 6.45) is 3.20. The number of carbonyl (C=O) groups is 2. The molecular weight excluding hydrogens is 346 g/mol. The Balaban J connectivity index is 1.85. The molecule has 1 aromatic heterocycles. The van der Waals surface area contributed by atoms with Crippen molar-refractivity contribution in [1.82, 2.24) is 0 Å². The van der Waals surface area contributed by atoms with Gasteiger partial charge in [0.05, 0.1) is 6.61 Å². The van der Waals surface area contributed by atoms with Gasteiger partial charge in [0.2, 0.25) is 5.91 Å². The van der Waals surface area contributed by atoms with E-state index in [4.69, 9.17) is 4.74 Å². The largest absolute Gasteiger partial charge is 0.462 e. The lowest BCUT2D eigenvalue weighted by Gasteiger charge is -2.05. The number of nitrogens with one attached hydrogen (secondary N) is 1. The summed E-state index contributed by atoms with van der Waals surface area (Å²) >= 11 is 1.36. The van der Waals surface area contributed by atoms with E-state index in [2.05, 4.69) is 5.32 Å². The summed E-state index contributed by atoms with van der Waals surface area (Å²) in [5, 5.41) is 4.10. The van der Waals surface area contributed by atoms with E-state index in [-0.39, 0.29) is 12.5 Å². The van der Waals surface area contributed by atoms with Gasteiger partial charge < -0.3 is 10.1 Å². The molecule has 1 heterocycles. The van der Waals surface area contributed by atoms with Gasteiger partial charge in [-0.2, -0.15) is 0 Å². The second-order valence-electron chi connectivity index (χ2n) is 5.76. The van der Waals surface area contributed by atoms with Crippen LogP contribution >= 0.6 is 11.3 Å². The molecule has 0 aliphatic carbocycles. The van der Waals surface area contributed by atoms with Crippen LogP contribution in [-0.4, -0.2) is 18.5 Å². The SMILES string of the molecule is CCOC(=O)c1c(NC(=O)C=Cc2ccc(C)cc2)sc2ccccc12. The normalized spacial score (nSPS) is 11.0. The molecule has 5 heteroatoms. The van der Waals surface area contributed by atoms with E-state index in [1.54, 1.807) is 13.0 Å². The number of ether oxygens (including phenoxy) is 1. The fourth-order valence-electron chi connectivity index (χ4n) is 2.54. The molecule has 0 saturated heterocycles. The Kier molecular flexibility index (Phi) is 5.49. The summed E-state index contributed by atoms with van der Waals surface area (Å²) < 4.78 is 6.08. The molecule has 4 nitrogen and oxygen atoms in total. The van der Waals surface area contributed by atoms with Crippen molar-refractivity contribution in [3.05, 3.63) is 71.3 Å². The van der Waals surface area contributed by atoms with Gasteiger partial charge in [-0.05, 0) is 31.6 Å². The monoisotopic (exact) mass is 365 g/mol. The lowest BCUT2D eigenvalue weighted by Crippen LogP contribution is -2.12. The summed E-state index contributed by atoms with van der Waals surface area (Å²) in [6.45, 7) is 4.05. The Hall–Kier alpha value is -2.92. The van der Waals surface area contributed by atoms with Gasteiger partial charge in [-0.15, -0.1) is 11.3 Å². The molecule has 0 aliphatic heterocycles. The molecule has 1 amide bonds. The first-order chi connectivity index (χ1) is 12.6. The van der Waals surface area contributed by atoms with Crippen molar-refractivity contribution in [2.24, 2.45) is 0 Å². The average Bonchev–Trinajstić information content (AvgIpc) is 2.99. The topological polar surface area (TPSA) is 55.4 Å². The maximum atomic E-state index is 12.3. The molecule has 0 radical (unpaired) electrons. The minimum atomic E-state index is -0.428. The zero-order valence-electron chi connectivity index (χ0n) is 14.6. The highest BCUT2D eigenvalue weighted by Crippen LogP contribution is 2.36. The van der Waals surface area contributed by atoms with Crippen molar-refractivity contribution in [3.8, 4) is 0 Å². The molecule has 1 N–H and O–H groups in total. The van der Waals surface area contributed by atoms with Gasteiger partial charge in [0.1, 0.15) is 10.6 Å². The molecule has 0 atom stereocenters. The molecule has 26 heavy (non-hydrogen) atoms. The minimum Gasteiger partial charge on any atom is -0.462 e. The van der Waals surface area contributed by atoms with Crippen LogP contribution in [0.1, 0.15) is 28.4 Å². The highest BCUT2D eigenvalue weighted by atomic mass is 32.1. The lowest BCUT2D eigenvalue weighted by molar-refractivity contribution is -0.111. The fourth-order valence-corrected chi connectivity index (χ4v) is 3.64. The number of benzene rings is 2. The van der Waals surface area contributed by atoms with Crippen LogP contribution in [0.5, 0.6) is 0 Å². The van der Waals surface area contributed by atoms with Gasteiger partial charge in [0.15, 0.2) is 0 Å². The van der Waals surface area contributed by atoms with Crippen LogP contribution in [0.25, 0.3) is 16.2 Å². The standard InChI is InChI=1S/C21H19NO3S/c1-3-25-21(24)19-16-6-4-5-7-17(16)26-20(19)22-18(23)13-12-15-10-8-14(2)9-11-15/h4-13H,3H2,1-2H3,(H,22,23). The Morgan fingerprint density at radius 2 is 1.85 bits per heavy atom. The van der Waals surface area contributed by atoms with Crippen LogP contribution in [0.2, 0.25) is 0 Å². The smallest absolute Gasteiger partial charge is 0.341 e. The first kappa shape index (κ1) is 17.9. The number of fused-ring (bicyclic) bond motifs is 1. The Bertz CT molecular complexity index is 971. The fraction of sp³-hybridized carbons (Fsp3) is 0.143. The predicted octanol–water partition coefficient (Wildman–Crippen LogP) is 5.04. The van der Waals surface area contributed by atoms with Gasteiger partial charge in [-0.1, -0.05) is 48.0 Å². The van der Waals surface area contributed by atoms with Gasteiger partial charge in [0.25, 0.3) is 0 Å². The highest BCUT2D eigenvalue weighted by Gasteiger charge is 2.20. The maximum absolute atomic E-state index is 12.3. The van der Waals surface area contributed by atoms with Gasteiger partial charge in [0, 0.05) is 16.2 Å². The molecule has 3 aromatic rings. The number of rotatable bonds is 5. The van der Waals surface area contributed by atoms with Crippen molar-refractivity contribution >= 4 is 44.4 Å². The van der Waals surface area contributed by atoms with Crippen LogP contribution in [0.15, 0.2) is 54.6 Å². The van der Waals surface area contributed by atoms with Crippen molar-refractivity contribution in [2.75, 3.05) is 11.9 Å². The number of hydrogen-bond acceptors (Lipinski definition) is 4. The number of aryl methyl sites for hydroxylation is 1. The van der Waals surface area contributed by atoms with E-state index >= 15 is 0 Å². The summed E-state index contributed by atoms with van der Waals surface area (Å²) in [4.78, 5) is 24.7. The molecule has 3 rings (SSSR count). The molecule has 0 fully saturated rings. The van der Waals surface area contributed by atoms with Crippen LogP contribution < -0.4 is 5.32 Å². The molecule has 0 bridgehead atoms. The number of esters is 1. The second kappa shape index (κ2) is 7.97. The third kappa shape index (κ3) is 4.00. The molecule has 0 spiro atoms. The summed E-state index contributed by atoms with van der Waals surface area (Å²) in [5.74, 6) is -0.717. The van der Waals surface area contributed by atoms with Crippen molar-refractivity contribution in [2.45, 2.75) is 13.8 Å². The van der Waals surface area contributed by atoms with Crippen LogP contribution in [0, 0.1) is 6.92 Å². The van der Waals surface area contributed by atoms with Gasteiger partial charge in [-0.25, -0.2) is 4.79 Å². The Labute approximate surface area is 156 Å². The van der Waals surface area contributed by atoms with Crippen LogP contribution in [0.3, 0.4) is 0 Å². The summed E-state index contributed by atoms with van der Waals surface area (Å²) in [7, 11) is 0. The molecule has 0 aliphatic rings. The average molecular weight is 365 g/mol. The number of thiophene rings is 1. The molecular formula is C21H19NO3S. The first-order valence-electron chi connectivity index (χ1n) is 8.33. The quantitative estimate of drug-likeness (QED) is 0.509. The third-order valence-corrected chi connectivity index (χ3v) is 4.90. The Morgan fingerprint density at radius 3 is 2.58 bits per heavy atom. The number of anilines is 1. The summed E-state index contributed by atoms with van der Waals surface area (Å²) in [5.41, 5.74) is 2.51. The highest BCUT2D eigenvalue weighted by molar-refractivity contribution is 7.23. The van der Waals surface area contributed by atoms with E-state index in [1.165, 1.54) is 17.4 Å². The predicted molar refractivity (Wildman–Crippen MR) is 107 cm³/mol. The van der Waals surface area contributed by atoms with Crippen molar-refractivity contribution < 1.29 is 14.3 Å². The van der Waals surface area contributed by atoms with E-state index in [1.807, 2.05) is 55.5 Å².